The number of phenols is 1. The second-order valence-electron chi connectivity index (χ2n) is 5.77. The highest BCUT2D eigenvalue weighted by Crippen LogP contribution is 2.36. The Morgan fingerprint density at radius 2 is 1.96 bits per heavy atom. The maximum absolute atomic E-state index is 12.6. The van der Waals surface area contributed by atoms with Crippen molar-refractivity contribution in [2.75, 3.05) is 14.2 Å². The first kappa shape index (κ1) is 20.2. The zero-order valence-corrected chi connectivity index (χ0v) is 17.8. The molecule has 1 saturated heterocycles. The maximum Gasteiger partial charge on any atom is 0.335 e. The summed E-state index contributed by atoms with van der Waals surface area (Å²) in [5, 5.41) is 19.4. The van der Waals surface area contributed by atoms with E-state index in [0.717, 1.165) is 5.56 Å². The molecule has 0 atom stereocenters. The van der Waals surface area contributed by atoms with Gasteiger partial charge in [0.15, 0.2) is 16.7 Å². The Morgan fingerprint density at radius 1 is 1.29 bits per heavy atom. The molecule has 0 radical (unpaired) electrons. The van der Waals surface area contributed by atoms with E-state index < -0.39 is 5.97 Å². The van der Waals surface area contributed by atoms with Gasteiger partial charge in [0.05, 0.1) is 26.8 Å². The van der Waals surface area contributed by atoms with Crippen LogP contribution in [0, 0.1) is 3.57 Å². The van der Waals surface area contributed by atoms with Gasteiger partial charge in [-0.3, -0.25) is 9.69 Å². The first-order chi connectivity index (χ1) is 13.3. The van der Waals surface area contributed by atoms with Crippen LogP contribution in [0.25, 0.3) is 6.08 Å². The van der Waals surface area contributed by atoms with Gasteiger partial charge in [-0.15, -0.1) is 0 Å². The van der Waals surface area contributed by atoms with Gasteiger partial charge in [-0.1, -0.05) is 0 Å². The first-order valence-corrected chi connectivity index (χ1v) is 9.86. The van der Waals surface area contributed by atoms with Crippen LogP contribution in [0.2, 0.25) is 0 Å². The van der Waals surface area contributed by atoms with E-state index >= 15 is 0 Å². The Morgan fingerprint density at radius 3 is 2.57 bits per heavy atom. The number of halogens is 1. The molecule has 1 amide bonds. The summed E-state index contributed by atoms with van der Waals surface area (Å²) in [5.41, 5.74) is 1.44. The fourth-order valence-corrected chi connectivity index (χ4v) is 4.04. The number of hydrogen-bond acceptors (Lipinski definition) is 6. The van der Waals surface area contributed by atoms with Gasteiger partial charge < -0.3 is 14.9 Å². The number of likely N-dealkylation sites (N-methyl/N-ethyl adjacent to an activating group) is 1. The lowest BCUT2D eigenvalue weighted by Gasteiger charge is -2.07. The van der Waals surface area contributed by atoms with Crippen molar-refractivity contribution in [2.45, 2.75) is 0 Å². The highest BCUT2D eigenvalue weighted by molar-refractivity contribution is 14.1. The lowest BCUT2D eigenvalue weighted by Crippen LogP contribution is -2.23. The average Bonchev–Trinajstić information content (AvgIpc) is 2.92. The number of phenolic OH excluding ortho intramolecular Hbond substituents is 1. The molecule has 7 nitrogen and oxygen atoms in total. The molecule has 3 rings (SSSR count). The third kappa shape index (κ3) is 4.14. The number of nitrogens with zero attached hydrogens (tertiary/aromatic N) is 2. The minimum Gasteiger partial charge on any atom is -0.504 e. The summed E-state index contributed by atoms with van der Waals surface area (Å²) in [7, 11) is 3.09. The number of thioether (sulfide) groups is 1. The van der Waals surface area contributed by atoms with Crippen LogP contribution in [0.3, 0.4) is 0 Å². The van der Waals surface area contributed by atoms with Gasteiger partial charge in [0.2, 0.25) is 0 Å². The number of amidine groups is 1. The molecule has 2 aromatic carbocycles. The first-order valence-electron chi connectivity index (χ1n) is 7.96. The van der Waals surface area contributed by atoms with Gasteiger partial charge >= 0.3 is 5.97 Å². The van der Waals surface area contributed by atoms with Crippen molar-refractivity contribution >= 4 is 63.2 Å². The van der Waals surface area contributed by atoms with E-state index in [1.165, 1.54) is 35.9 Å². The third-order valence-electron chi connectivity index (χ3n) is 3.91. The van der Waals surface area contributed by atoms with Gasteiger partial charge in [-0.25, -0.2) is 9.79 Å². The van der Waals surface area contributed by atoms with Gasteiger partial charge in [0, 0.05) is 7.05 Å². The summed E-state index contributed by atoms with van der Waals surface area (Å²) in [4.78, 5) is 29.8. The molecule has 0 unspecified atom stereocenters. The molecule has 9 heteroatoms. The largest absolute Gasteiger partial charge is 0.504 e. The molecule has 0 spiro atoms. The number of carboxylic acids is 1. The van der Waals surface area contributed by atoms with Crippen molar-refractivity contribution in [1.29, 1.82) is 0 Å². The molecule has 0 bridgehead atoms. The third-order valence-corrected chi connectivity index (χ3v) is 5.79. The van der Waals surface area contributed by atoms with Crippen LogP contribution in [-0.4, -0.2) is 46.3 Å². The average molecular weight is 510 g/mol. The van der Waals surface area contributed by atoms with E-state index in [1.807, 2.05) is 22.6 Å². The number of aliphatic imine (C=N–C) groups is 1. The predicted molar refractivity (Wildman–Crippen MR) is 116 cm³/mol. The number of carbonyl (C=O) groups excluding carboxylic acids is 1. The zero-order valence-electron chi connectivity index (χ0n) is 14.8. The number of hydrogen-bond donors (Lipinski definition) is 2. The van der Waals surface area contributed by atoms with E-state index in [-0.39, 0.29) is 17.2 Å². The Hall–Kier alpha value is -2.53. The number of benzene rings is 2. The maximum atomic E-state index is 12.6. The summed E-state index contributed by atoms with van der Waals surface area (Å²) in [5.74, 6) is -0.825. The van der Waals surface area contributed by atoms with Gasteiger partial charge in [-0.2, -0.15) is 0 Å². The smallest absolute Gasteiger partial charge is 0.335 e. The lowest BCUT2D eigenvalue weighted by atomic mass is 10.2. The predicted octanol–water partition coefficient (Wildman–Crippen LogP) is 3.94. The van der Waals surface area contributed by atoms with E-state index in [0.29, 0.717) is 25.1 Å². The van der Waals surface area contributed by atoms with Gasteiger partial charge in [0.25, 0.3) is 5.91 Å². The van der Waals surface area contributed by atoms with Gasteiger partial charge in [0.1, 0.15) is 0 Å². The van der Waals surface area contributed by atoms with Crippen molar-refractivity contribution in [1.82, 2.24) is 4.90 Å². The summed E-state index contributed by atoms with van der Waals surface area (Å²) in [6.45, 7) is 0. The van der Waals surface area contributed by atoms with Crippen LogP contribution in [-0.2, 0) is 4.79 Å². The lowest BCUT2D eigenvalue weighted by molar-refractivity contribution is -0.121. The normalized spacial score (nSPS) is 16.8. The molecule has 28 heavy (non-hydrogen) atoms. The van der Waals surface area contributed by atoms with Crippen molar-refractivity contribution in [3.63, 3.8) is 0 Å². The zero-order chi connectivity index (χ0) is 20.4. The summed E-state index contributed by atoms with van der Waals surface area (Å²) in [6, 6.07) is 9.50. The fraction of sp³-hybridized carbons (Fsp3) is 0.105. The number of carbonyl (C=O) groups is 2. The molecule has 144 valence electrons. The van der Waals surface area contributed by atoms with Crippen LogP contribution in [0.5, 0.6) is 11.5 Å². The van der Waals surface area contributed by atoms with E-state index in [9.17, 15) is 14.7 Å². The van der Waals surface area contributed by atoms with E-state index in [1.54, 1.807) is 37.4 Å². The van der Waals surface area contributed by atoms with Crippen LogP contribution in [0.1, 0.15) is 15.9 Å². The highest BCUT2D eigenvalue weighted by Gasteiger charge is 2.30. The molecular weight excluding hydrogens is 495 g/mol. The molecule has 1 aliphatic heterocycles. The molecule has 0 saturated carbocycles. The number of methoxy groups -OCH3 is 1. The molecule has 2 aromatic rings. The Kier molecular flexibility index (Phi) is 5.94. The number of aromatic hydroxyl groups is 1. The summed E-state index contributed by atoms with van der Waals surface area (Å²) >= 11 is 3.21. The number of ether oxygens (including phenoxy) is 1. The van der Waals surface area contributed by atoms with E-state index in [4.69, 9.17) is 9.84 Å². The number of rotatable bonds is 4. The van der Waals surface area contributed by atoms with Crippen LogP contribution in [0.4, 0.5) is 5.69 Å². The van der Waals surface area contributed by atoms with Crippen LogP contribution < -0.4 is 4.74 Å². The fourth-order valence-electron chi connectivity index (χ4n) is 2.42. The van der Waals surface area contributed by atoms with Crippen molar-refractivity contribution < 1.29 is 24.5 Å². The highest BCUT2D eigenvalue weighted by atomic mass is 127. The molecule has 1 aliphatic rings. The number of amides is 1. The molecule has 1 heterocycles. The van der Waals surface area contributed by atoms with Gasteiger partial charge in [-0.05, 0) is 82.4 Å². The minimum absolute atomic E-state index is 0.0554. The molecule has 0 aliphatic carbocycles. The Bertz CT molecular complexity index is 1020. The Balaban J connectivity index is 1.90. The minimum atomic E-state index is -1.01. The second-order valence-corrected chi connectivity index (χ2v) is 7.95. The number of aromatic carboxylic acids is 1. The summed E-state index contributed by atoms with van der Waals surface area (Å²) in [6.07, 6.45) is 1.71. The Labute approximate surface area is 178 Å². The number of carboxylic acid groups (broad SMARTS) is 1. The topological polar surface area (TPSA) is 99.4 Å². The van der Waals surface area contributed by atoms with Crippen molar-refractivity contribution in [3.8, 4) is 11.5 Å². The molecule has 1 fully saturated rings. The SMILES string of the molecule is COc1cc(/C=C2\SC(=Nc3ccc(C(=O)O)cc3)N(C)C2=O)cc(I)c1O. The summed E-state index contributed by atoms with van der Waals surface area (Å²) < 4.78 is 5.76. The molecule has 2 N–H and O–H groups in total. The van der Waals surface area contributed by atoms with Crippen LogP contribution >= 0.6 is 34.4 Å². The quantitative estimate of drug-likeness (QED) is 0.478. The van der Waals surface area contributed by atoms with Crippen molar-refractivity contribution in [3.05, 3.63) is 56.0 Å². The van der Waals surface area contributed by atoms with Crippen LogP contribution in [0.15, 0.2) is 46.3 Å². The molecule has 0 aromatic heterocycles. The second kappa shape index (κ2) is 8.23. The standard InChI is InChI=1S/C19H15IN2O5S/c1-22-17(24)15(9-10-7-13(20)16(23)14(8-10)27-2)28-19(22)21-12-5-3-11(4-6-12)18(25)26/h3-9,23H,1-2H3,(H,25,26)/b15-9-,21-19?. The monoisotopic (exact) mass is 510 g/mol. The van der Waals surface area contributed by atoms with E-state index in [2.05, 4.69) is 4.99 Å². The van der Waals surface area contributed by atoms with Crippen molar-refractivity contribution in [2.24, 2.45) is 4.99 Å². The molecular formula is C19H15IN2O5S.